The number of benzene rings is 1. The maximum atomic E-state index is 12.8. The summed E-state index contributed by atoms with van der Waals surface area (Å²) in [5.74, 6) is 0.196. The largest absolute Gasteiger partial charge is 0.412 e. The van der Waals surface area contributed by atoms with Crippen LogP contribution >= 0.6 is 0 Å². The molecule has 2 bridgehead atoms. The van der Waals surface area contributed by atoms with Gasteiger partial charge >= 0.3 is 10.4 Å². The summed E-state index contributed by atoms with van der Waals surface area (Å²) in [7, 11) is -4.67. The minimum absolute atomic E-state index is 0. The van der Waals surface area contributed by atoms with Gasteiger partial charge in [-0.05, 0) is 68.1 Å². The Morgan fingerprint density at radius 2 is 1.64 bits per heavy atom. The van der Waals surface area contributed by atoms with Crippen LogP contribution in [0.25, 0.3) is 0 Å². The third kappa shape index (κ3) is 10.1. The maximum Gasteiger partial charge on any atom is 0.394 e. The molecule has 4 rings (SSSR count). The van der Waals surface area contributed by atoms with Crippen molar-refractivity contribution in [2.45, 2.75) is 81.9 Å². The number of carbonyl (C=O) groups is 2. The number of amides is 2. The Labute approximate surface area is 230 Å². The highest BCUT2D eigenvalue weighted by Gasteiger charge is 2.41. The summed E-state index contributed by atoms with van der Waals surface area (Å²) >= 11 is 0. The third-order valence-corrected chi connectivity index (χ3v) is 8.13. The molecular formula is C26H43N3O9S. The van der Waals surface area contributed by atoms with Gasteiger partial charge < -0.3 is 26.3 Å². The van der Waals surface area contributed by atoms with Crippen molar-refractivity contribution < 1.29 is 42.8 Å². The Hall–Kier alpha value is -2.13. The zero-order chi connectivity index (χ0) is 27.9. The number of aliphatic hydroxyl groups excluding tert-OH is 2. The van der Waals surface area contributed by atoms with Crippen LogP contribution < -0.4 is 5.73 Å². The van der Waals surface area contributed by atoms with Gasteiger partial charge in [0.1, 0.15) is 0 Å². The lowest BCUT2D eigenvalue weighted by molar-refractivity contribution is -0.143. The molecule has 3 fully saturated rings. The maximum absolute atomic E-state index is 12.8. The molecule has 3 atom stereocenters. The number of hydrogen-bond donors (Lipinski definition) is 5. The van der Waals surface area contributed by atoms with Crippen molar-refractivity contribution in [1.29, 1.82) is 0 Å². The molecule has 0 radical (unpaired) electrons. The number of hydrogen-bond acceptors (Lipinski definition) is 7. The second-order valence-corrected chi connectivity index (χ2v) is 11.6. The fourth-order valence-electron chi connectivity index (χ4n) is 6.36. The number of nitrogens with two attached hydrogens (primary N) is 1. The molecule has 1 aromatic carbocycles. The van der Waals surface area contributed by atoms with Gasteiger partial charge in [0.25, 0.3) is 5.91 Å². The van der Waals surface area contributed by atoms with E-state index in [9.17, 15) is 19.8 Å². The molecule has 8 N–H and O–H groups in total. The van der Waals surface area contributed by atoms with E-state index >= 15 is 0 Å². The molecule has 13 heteroatoms. The second-order valence-electron chi connectivity index (χ2n) is 10.7. The first kappa shape index (κ1) is 33.1. The fourth-order valence-corrected chi connectivity index (χ4v) is 6.36. The highest BCUT2D eigenvalue weighted by atomic mass is 32.3. The summed E-state index contributed by atoms with van der Waals surface area (Å²) in [6.07, 6.45) is 9.06. The number of primary amides is 1. The lowest BCUT2D eigenvalue weighted by Gasteiger charge is -2.40. The van der Waals surface area contributed by atoms with Crippen molar-refractivity contribution in [1.82, 2.24) is 9.80 Å². The topological polar surface area (TPSA) is 213 Å². The van der Waals surface area contributed by atoms with E-state index in [-0.39, 0.29) is 17.3 Å². The van der Waals surface area contributed by atoms with E-state index < -0.39 is 23.1 Å². The van der Waals surface area contributed by atoms with Crippen LogP contribution in [0.4, 0.5) is 0 Å². The molecule has 1 saturated carbocycles. The van der Waals surface area contributed by atoms with E-state index in [0.717, 1.165) is 45.1 Å². The van der Waals surface area contributed by atoms with Crippen LogP contribution in [0, 0.1) is 5.92 Å². The van der Waals surface area contributed by atoms with E-state index in [2.05, 4.69) is 11.0 Å². The summed E-state index contributed by atoms with van der Waals surface area (Å²) in [6, 6.07) is 8.69. The molecule has 0 spiro atoms. The SMILES string of the molecule is NC(=O)c1cccc(C2CC3CCC(C2)N3CCN(CC2CCCCC2)C(=O)[C@@H](O)CO)c1.O.O=S(=O)(O)O. The van der Waals surface area contributed by atoms with Gasteiger partial charge in [0.05, 0.1) is 6.61 Å². The van der Waals surface area contributed by atoms with Crippen LogP contribution in [-0.2, 0) is 15.2 Å². The van der Waals surface area contributed by atoms with Crippen LogP contribution in [0.2, 0.25) is 0 Å². The van der Waals surface area contributed by atoms with Crippen molar-refractivity contribution in [3.8, 4) is 0 Å². The third-order valence-electron chi connectivity index (χ3n) is 8.13. The van der Waals surface area contributed by atoms with Crippen LogP contribution in [0.3, 0.4) is 0 Å². The van der Waals surface area contributed by atoms with Crippen molar-refractivity contribution >= 4 is 22.2 Å². The lowest BCUT2D eigenvalue weighted by atomic mass is 9.84. The van der Waals surface area contributed by atoms with Gasteiger partial charge in [-0.25, -0.2) is 0 Å². The standard InChI is InChI=1S/C26H39N3O4.H2O4S.H2O/c27-25(32)20-8-4-7-19(13-20)21-14-22-9-10-23(15-21)29(22)12-11-28(26(33)24(31)17-30)16-18-5-2-1-3-6-18;1-5(2,3)4;/h4,7-8,13,18,21-24,30-31H,1-3,5-6,9-12,14-17H2,(H2,27,32);(H2,1,2,3,4);1H2/t21?,22?,23?,24-;;/m0../s1. The molecule has 39 heavy (non-hydrogen) atoms. The van der Waals surface area contributed by atoms with E-state index in [4.69, 9.17) is 23.3 Å². The molecular weight excluding hydrogens is 530 g/mol. The monoisotopic (exact) mass is 573 g/mol. The molecule has 2 unspecified atom stereocenters. The molecule has 2 amide bonds. The van der Waals surface area contributed by atoms with Crippen molar-refractivity contribution in [2.75, 3.05) is 26.2 Å². The van der Waals surface area contributed by atoms with Gasteiger partial charge in [-0.15, -0.1) is 0 Å². The van der Waals surface area contributed by atoms with Crippen molar-refractivity contribution in [3.05, 3.63) is 35.4 Å². The number of nitrogens with zero attached hydrogens (tertiary/aromatic N) is 2. The Morgan fingerprint density at radius 1 is 1.05 bits per heavy atom. The van der Waals surface area contributed by atoms with E-state index in [1.807, 2.05) is 12.1 Å². The summed E-state index contributed by atoms with van der Waals surface area (Å²) in [4.78, 5) is 28.7. The lowest BCUT2D eigenvalue weighted by Crippen LogP contribution is -2.50. The average Bonchev–Trinajstić information content (AvgIpc) is 3.11. The Balaban J connectivity index is 0.000000816. The minimum Gasteiger partial charge on any atom is -0.412 e. The second kappa shape index (κ2) is 15.0. The smallest absolute Gasteiger partial charge is 0.394 e. The number of piperidine rings is 1. The molecule has 3 aliphatic rings. The van der Waals surface area contributed by atoms with E-state index in [1.165, 1.54) is 24.8 Å². The Bertz CT molecular complexity index is 1030. The predicted octanol–water partition coefficient (Wildman–Crippen LogP) is 0.781. The number of rotatable bonds is 9. The average molecular weight is 574 g/mol. The highest BCUT2D eigenvalue weighted by molar-refractivity contribution is 7.79. The summed E-state index contributed by atoms with van der Waals surface area (Å²) < 4.78 is 31.6. The quantitative estimate of drug-likeness (QED) is 0.264. The molecule has 1 aliphatic carbocycles. The molecule has 1 aromatic rings. The summed E-state index contributed by atoms with van der Waals surface area (Å²) in [5, 5.41) is 19.3. The van der Waals surface area contributed by atoms with Gasteiger partial charge in [-0.3, -0.25) is 23.6 Å². The normalized spacial score (nSPS) is 24.2. The van der Waals surface area contributed by atoms with Gasteiger partial charge in [-0.1, -0.05) is 31.4 Å². The fraction of sp³-hybridized carbons (Fsp3) is 0.692. The first-order valence-electron chi connectivity index (χ1n) is 13.4. The van der Waals surface area contributed by atoms with Gasteiger partial charge in [-0.2, -0.15) is 8.42 Å². The number of carbonyl (C=O) groups excluding carboxylic acids is 2. The summed E-state index contributed by atoms with van der Waals surface area (Å²) in [5.41, 5.74) is 7.25. The van der Waals surface area contributed by atoms with Gasteiger partial charge in [0.15, 0.2) is 6.10 Å². The zero-order valence-corrected chi connectivity index (χ0v) is 23.0. The predicted molar refractivity (Wildman–Crippen MR) is 144 cm³/mol. The molecule has 2 aliphatic heterocycles. The molecule has 222 valence electrons. The first-order chi connectivity index (χ1) is 18.0. The van der Waals surface area contributed by atoms with Crippen molar-refractivity contribution in [3.63, 3.8) is 0 Å². The van der Waals surface area contributed by atoms with E-state index in [0.29, 0.717) is 42.6 Å². The highest BCUT2D eigenvalue weighted by Crippen LogP contribution is 2.43. The summed E-state index contributed by atoms with van der Waals surface area (Å²) in [6.45, 7) is 1.56. The molecule has 2 heterocycles. The number of aliphatic hydroxyl groups is 2. The first-order valence-corrected chi connectivity index (χ1v) is 14.8. The van der Waals surface area contributed by atoms with Crippen LogP contribution in [-0.4, -0.2) is 99.3 Å². The molecule has 0 aromatic heterocycles. The Morgan fingerprint density at radius 3 is 2.18 bits per heavy atom. The van der Waals surface area contributed by atoms with Crippen LogP contribution in [0.1, 0.15) is 79.6 Å². The zero-order valence-electron chi connectivity index (χ0n) is 22.2. The minimum atomic E-state index is -4.67. The van der Waals surface area contributed by atoms with E-state index in [1.54, 1.807) is 11.0 Å². The number of fused-ring (bicyclic) bond motifs is 2. The van der Waals surface area contributed by atoms with Crippen LogP contribution in [0.5, 0.6) is 0 Å². The molecule has 2 saturated heterocycles. The van der Waals surface area contributed by atoms with Crippen molar-refractivity contribution in [2.24, 2.45) is 11.7 Å². The van der Waals surface area contributed by atoms with Gasteiger partial charge in [0.2, 0.25) is 5.91 Å². The van der Waals surface area contributed by atoms with Crippen LogP contribution in [0.15, 0.2) is 24.3 Å². The van der Waals surface area contributed by atoms with Gasteiger partial charge in [0, 0.05) is 37.3 Å². The molecule has 12 nitrogen and oxygen atoms in total. The Kier molecular flexibility index (Phi) is 12.7.